The van der Waals surface area contributed by atoms with Crippen LogP contribution >= 0.6 is 0 Å². The molecule has 0 aromatic rings. The van der Waals surface area contributed by atoms with E-state index in [1.807, 2.05) is 0 Å². The van der Waals surface area contributed by atoms with Crippen molar-refractivity contribution in [2.24, 2.45) is 11.7 Å². The van der Waals surface area contributed by atoms with Crippen LogP contribution in [0, 0.1) is 5.92 Å². The lowest BCUT2D eigenvalue weighted by molar-refractivity contribution is 0.355. The van der Waals surface area contributed by atoms with Crippen LogP contribution in [0.3, 0.4) is 0 Å². The van der Waals surface area contributed by atoms with E-state index in [2.05, 4.69) is 20.8 Å². The lowest BCUT2D eigenvalue weighted by atomic mass is 9.89. The van der Waals surface area contributed by atoms with E-state index >= 15 is 0 Å². The second kappa shape index (κ2) is 14.4. The fourth-order valence-electron chi connectivity index (χ4n) is 2.87. The van der Waals surface area contributed by atoms with Gasteiger partial charge in [-0.25, -0.2) is 0 Å². The summed E-state index contributed by atoms with van der Waals surface area (Å²) in [4.78, 5) is 0. The molecule has 2 atom stereocenters. The van der Waals surface area contributed by atoms with Gasteiger partial charge in [-0.2, -0.15) is 0 Å². The molecule has 0 spiro atoms. The quantitative estimate of drug-likeness (QED) is 0.381. The number of nitrogens with two attached hydrogens (primary N) is 1. The van der Waals surface area contributed by atoms with Gasteiger partial charge in [0.1, 0.15) is 0 Å². The molecule has 1 heteroatoms. The van der Waals surface area contributed by atoms with Gasteiger partial charge < -0.3 is 5.73 Å². The molecule has 0 saturated heterocycles. The van der Waals surface area contributed by atoms with Crippen molar-refractivity contribution in [2.45, 2.75) is 110 Å². The molecule has 0 aromatic heterocycles. The van der Waals surface area contributed by atoms with Crippen LogP contribution in [0.5, 0.6) is 0 Å². The second-order valence-corrected chi connectivity index (χ2v) is 6.38. The summed E-state index contributed by atoms with van der Waals surface area (Å²) >= 11 is 0. The molecule has 0 amide bonds. The molecule has 0 aliphatic carbocycles. The molecular weight excluding hydrogens is 230 g/mol. The fraction of sp³-hybridized carbons (Fsp3) is 1.00. The largest absolute Gasteiger partial charge is 0.328 e. The van der Waals surface area contributed by atoms with Crippen molar-refractivity contribution in [3.05, 3.63) is 0 Å². The summed E-state index contributed by atoms with van der Waals surface area (Å²) in [7, 11) is 0. The van der Waals surface area contributed by atoms with Gasteiger partial charge in [0.25, 0.3) is 0 Å². The van der Waals surface area contributed by atoms with E-state index in [-0.39, 0.29) is 0 Å². The average Bonchev–Trinajstić information content (AvgIpc) is 2.39. The van der Waals surface area contributed by atoms with E-state index < -0.39 is 0 Å². The highest BCUT2D eigenvalue weighted by Crippen LogP contribution is 2.21. The Morgan fingerprint density at radius 1 is 0.632 bits per heavy atom. The Hall–Kier alpha value is -0.0400. The van der Waals surface area contributed by atoms with Gasteiger partial charge in [-0.3, -0.25) is 0 Å². The molecule has 0 aliphatic heterocycles. The number of hydrogen-bond donors (Lipinski definition) is 1. The van der Waals surface area contributed by atoms with Gasteiger partial charge >= 0.3 is 0 Å². The van der Waals surface area contributed by atoms with Gasteiger partial charge in [0.2, 0.25) is 0 Å². The molecule has 0 aliphatic rings. The van der Waals surface area contributed by atoms with Crippen LogP contribution < -0.4 is 5.73 Å². The molecule has 19 heavy (non-hydrogen) atoms. The summed E-state index contributed by atoms with van der Waals surface area (Å²) in [6.07, 6.45) is 18.1. The Balaban J connectivity index is 3.51. The molecule has 0 radical (unpaired) electrons. The van der Waals surface area contributed by atoms with Gasteiger partial charge in [-0.15, -0.1) is 0 Å². The Bertz CT molecular complexity index is 165. The Kier molecular flexibility index (Phi) is 14.3. The van der Waals surface area contributed by atoms with Gasteiger partial charge in [-0.05, 0) is 25.7 Å². The normalized spacial score (nSPS) is 14.5. The Morgan fingerprint density at radius 2 is 1.00 bits per heavy atom. The standard InChI is InChI=1S/C18H39N/c1-4-6-8-10-12-14-16-18(17(3)19)15-13-11-9-7-5-2/h17-18H,4-16,19H2,1-3H3. The Labute approximate surface area is 122 Å². The van der Waals surface area contributed by atoms with Crippen LogP contribution in [0.4, 0.5) is 0 Å². The van der Waals surface area contributed by atoms with Crippen molar-refractivity contribution in [1.82, 2.24) is 0 Å². The zero-order valence-electron chi connectivity index (χ0n) is 13.9. The second-order valence-electron chi connectivity index (χ2n) is 6.38. The number of rotatable bonds is 14. The minimum Gasteiger partial charge on any atom is -0.328 e. The summed E-state index contributed by atoms with van der Waals surface area (Å²) in [5.41, 5.74) is 6.14. The monoisotopic (exact) mass is 269 g/mol. The maximum Gasteiger partial charge on any atom is 0.00387 e. The highest BCUT2D eigenvalue weighted by molar-refractivity contribution is 4.69. The highest BCUT2D eigenvalue weighted by Gasteiger charge is 2.12. The SMILES string of the molecule is CCCCCCCCC(CCCCCCC)C(C)N. The maximum atomic E-state index is 6.14. The summed E-state index contributed by atoms with van der Waals surface area (Å²) < 4.78 is 0. The van der Waals surface area contributed by atoms with E-state index in [0.717, 1.165) is 5.92 Å². The first kappa shape index (κ1) is 19.0. The van der Waals surface area contributed by atoms with Crippen LogP contribution in [-0.4, -0.2) is 6.04 Å². The predicted molar refractivity (Wildman–Crippen MR) is 88.5 cm³/mol. The zero-order valence-corrected chi connectivity index (χ0v) is 13.9. The summed E-state index contributed by atoms with van der Waals surface area (Å²) in [5.74, 6) is 0.771. The minimum absolute atomic E-state index is 0.391. The van der Waals surface area contributed by atoms with Crippen LogP contribution in [0.2, 0.25) is 0 Å². The van der Waals surface area contributed by atoms with Crippen LogP contribution in [0.15, 0.2) is 0 Å². The van der Waals surface area contributed by atoms with Gasteiger partial charge in [0.05, 0.1) is 0 Å². The summed E-state index contributed by atoms with van der Waals surface area (Å²) in [6, 6.07) is 0.391. The first-order valence-corrected chi connectivity index (χ1v) is 8.97. The van der Waals surface area contributed by atoms with Crippen molar-refractivity contribution in [1.29, 1.82) is 0 Å². The topological polar surface area (TPSA) is 26.0 Å². The van der Waals surface area contributed by atoms with Crippen molar-refractivity contribution in [3.8, 4) is 0 Å². The lowest BCUT2D eigenvalue weighted by Gasteiger charge is -2.20. The average molecular weight is 270 g/mol. The van der Waals surface area contributed by atoms with Gasteiger partial charge in [-0.1, -0.05) is 84.5 Å². The van der Waals surface area contributed by atoms with Crippen LogP contribution in [0.25, 0.3) is 0 Å². The molecule has 0 rings (SSSR count). The lowest BCUT2D eigenvalue weighted by Crippen LogP contribution is -2.26. The summed E-state index contributed by atoms with van der Waals surface area (Å²) in [5, 5.41) is 0. The fourth-order valence-corrected chi connectivity index (χ4v) is 2.87. The molecule has 116 valence electrons. The van der Waals surface area contributed by atoms with Crippen molar-refractivity contribution >= 4 is 0 Å². The van der Waals surface area contributed by atoms with E-state index in [1.165, 1.54) is 83.5 Å². The van der Waals surface area contributed by atoms with Crippen molar-refractivity contribution in [2.75, 3.05) is 0 Å². The molecule has 0 heterocycles. The molecule has 1 nitrogen and oxygen atoms in total. The third kappa shape index (κ3) is 12.7. The molecule has 0 bridgehead atoms. The van der Waals surface area contributed by atoms with E-state index in [9.17, 15) is 0 Å². The van der Waals surface area contributed by atoms with Crippen molar-refractivity contribution in [3.63, 3.8) is 0 Å². The van der Waals surface area contributed by atoms with Crippen molar-refractivity contribution < 1.29 is 0 Å². The highest BCUT2D eigenvalue weighted by atomic mass is 14.6. The zero-order chi connectivity index (χ0) is 14.3. The molecule has 0 saturated carbocycles. The molecule has 2 unspecified atom stereocenters. The molecule has 2 N–H and O–H groups in total. The third-order valence-corrected chi connectivity index (χ3v) is 4.35. The third-order valence-electron chi connectivity index (χ3n) is 4.35. The molecular formula is C18H39N. The van der Waals surface area contributed by atoms with E-state index in [0.29, 0.717) is 6.04 Å². The minimum atomic E-state index is 0.391. The van der Waals surface area contributed by atoms with Gasteiger partial charge in [0.15, 0.2) is 0 Å². The van der Waals surface area contributed by atoms with Crippen LogP contribution in [0.1, 0.15) is 104 Å². The maximum absolute atomic E-state index is 6.14. The first-order chi connectivity index (χ1) is 9.22. The smallest absolute Gasteiger partial charge is 0.00387 e. The molecule has 0 aromatic carbocycles. The van der Waals surface area contributed by atoms with Crippen LogP contribution in [-0.2, 0) is 0 Å². The molecule has 0 fully saturated rings. The number of unbranched alkanes of at least 4 members (excludes halogenated alkanes) is 9. The van der Waals surface area contributed by atoms with E-state index in [1.54, 1.807) is 0 Å². The van der Waals surface area contributed by atoms with E-state index in [4.69, 9.17) is 5.73 Å². The predicted octanol–water partition coefficient (Wildman–Crippen LogP) is 6.06. The Morgan fingerprint density at radius 3 is 1.37 bits per heavy atom. The first-order valence-electron chi connectivity index (χ1n) is 8.97. The van der Waals surface area contributed by atoms with Gasteiger partial charge in [0, 0.05) is 6.04 Å². The summed E-state index contributed by atoms with van der Waals surface area (Å²) in [6.45, 7) is 6.77. The number of hydrogen-bond acceptors (Lipinski definition) is 1.